The number of amides is 1. The summed E-state index contributed by atoms with van der Waals surface area (Å²) in [5, 5.41) is 12.1. The number of hydrogen-bond donors (Lipinski definition) is 1. The van der Waals surface area contributed by atoms with Crippen molar-refractivity contribution < 1.29 is 4.79 Å². The van der Waals surface area contributed by atoms with Crippen molar-refractivity contribution in [2.45, 2.75) is 58.4 Å². The van der Waals surface area contributed by atoms with E-state index in [1.807, 2.05) is 24.3 Å². The lowest BCUT2D eigenvalue weighted by molar-refractivity contribution is -0.125. The van der Waals surface area contributed by atoms with Crippen molar-refractivity contribution in [1.29, 1.82) is 0 Å². The van der Waals surface area contributed by atoms with Crippen LogP contribution in [0.1, 0.15) is 51.0 Å². The average Bonchev–Trinajstić information content (AvgIpc) is 2.83. The smallest absolute Gasteiger partial charge is 0.224 e. The van der Waals surface area contributed by atoms with Gasteiger partial charge in [0.2, 0.25) is 5.91 Å². The van der Waals surface area contributed by atoms with Crippen LogP contribution in [0.3, 0.4) is 0 Å². The van der Waals surface area contributed by atoms with E-state index in [-0.39, 0.29) is 11.8 Å². The number of hydrogen-bond acceptors (Lipinski definition) is 5. The zero-order valence-electron chi connectivity index (χ0n) is 19.6. The Morgan fingerprint density at radius 3 is 2.72 bits per heavy atom. The Morgan fingerprint density at radius 1 is 1.06 bits per heavy atom. The van der Waals surface area contributed by atoms with Crippen LogP contribution < -0.4 is 10.2 Å². The molecule has 172 valence electrons. The Hall–Kier alpha value is -2.47. The van der Waals surface area contributed by atoms with Crippen molar-refractivity contribution in [3.8, 4) is 11.3 Å². The summed E-state index contributed by atoms with van der Waals surface area (Å²) in [6, 6.07) is 13.0. The Kier molecular flexibility index (Phi) is 7.74. The molecule has 2 aromatic rings. The second-order valence-electron chi connectivity index (χ2n) is 9.40. The number of nitrogens with one attached hydrogen (secondary N) is 1. The molecule has 3 heterocycles. The van der Waals surface area contributed by atoms with Gasteiger partial charge in [0.05, 0.1) is 11.6 Å². The Labute approximate surface area is 192 Å². The van der Waals surface area contributed by atoms with Crippen LogP contribution in [-0.4, -0.2) is 59.8 Å². The molecule has 6 nitrogen and oxygen atoms in total. The highest BCUT2D eigenvalue weighted by atomic mass is 16.1. The SMILES string of the molecule is Cc1ccccc1-c1ccc(N2CCCC(C(=O)NCCCN3CCCCC3C)C2)nn1. The third kappa shape index (κ3) is 5.66. The van der Waals surface area contributed by atoms with Gasteiger partial charge in [-0.2, -0.15) is 0 Å². The van der Waals surface area contributed by atoms with Crippen molar-refractivity contribution in [2.24, 2.45) is 5.92 Å². The number of benzene rings is 1. The molecule has 1 amide bonds. The van der Waals surface area contributed by atoms with E-state index in [1.54, 1.807) is 0 Å². The van der Waals surface area contributed by atoms with Crippen LogP contribution in [0.2, 0.25) is 0 Å². The highest BCUT2D eigenvalue weighted by Gasteiger charge is 2.26. The molecule has 0 radical (unpaired) electrons. The van der Waals surface area contributed by atoms with E-state index < -0.39 is 0 Å². The molecule has 0 bridgehead atoms. The van der Waals surface area contributed by atoms with Crippen molar-refractivity contribution >= 4 is 11.7 Å². The van der Waals surface area contributed by atoms with Gasteiger partial charge in [0.25, 0.3) is 0 Å². The molecule has 0 aliphatic carbocycles. The first kappa shape index (κ1) is 22.7. The number of aryl methyl sites for hydroxylation is 1. The fourth-order valence-electron chi connectivity index (χ4n) is 5.02. The zero-order chi connectivity index (χ0) is 22.3. The number of aromatic nitrogens is 2. The number of rotatable bonds is 7. The fourth-order valence-corrected chi connectivity index (χ4v) is 5.02. The van der Waals surface area contributed by atoms with Gasteiger partial charge < -0.3 is 15.1 Å². The zero-order valence-corrected chi connectivity index (χ0v) is 19.6. The monoisotopic (exact) mass is 435 g/mol. The van der Waals surface area contributed by atoms with Gasteiger partial charge in [0.15, 0.2) is 5.82 Å². The number of piperidine rings is 2. The number of carbonyl (C=O) groups is 1. The largest absolute Gasteiger partial charge is 0.356 e. The van der Waals surface area contributed by atoms with Crippen LogP contribution in [0, 0.1) is 12.8 Å². The van der Waals surface area contributed by atoms with Crippen molar-refractivity contribution in [1.82, 2.24) is 20.4 Å². The maximum absolute atomic E-state index is 12.8. The van der Waals surface area contributed by atoms with Crippen LogP contribution in [-0.2, 0) is 4.79 Å². The van der Waals surface area contributed by atoms with E-state index in [0.29, 0.717) is 12.6 Å². The number of nitrogens with zero attached hydrogens (tertiary/aromatic N) is 4. The van der Waals surface area contributed by atoms with Gasteiger partial charge in [-0.25, -0.2) is 0 Å². The number of carbonyl (C=O) groups excluding carboxylic acids is 1. The van der Waals surface area contributed by atoms with Gasteiger partial charge >= 0.3 is 0 Å². The van der Waals surface area contributed by atoms with Gasteiger partial charge in [-0.1, -0.05) is 30.7 Å². The second kappa shape index (κ2) is 10.9. The third-order valence-electron chi connectivity index (χ3n) is 7.05. The summed E-state index contributed by atoms with van der Waals surface area (Å²) in [5.41, 5.74) is 3.20. The molecular formula is C26H37N5O. The predicted molar refractivity (Wildman–Crippen MR) is 130 cm³/mol. The Bertz CT molecular complexity index is 884. The highest BCUT2D eigenvalue weighted by molar-refractivity contribution is 5.79. The topological polar surface area (TPSA) is 61.4 Å². The van der Waals surface area contributed by atoms with E-state index >= 15 is 0 Å². The lowest BCUT2D eigenvalue weighted by atomic mass is 9.97. The van der Waals surface area contributed by atoms with Crippen LogP contribution in [0.5, 0.6) is 0 Å². The Morgan fingerprint density at radius 2 is 1.94 bits per heavy atom. The van der Waals surface area contributed by atoms with Gasteiger partial charge in [-0.05, 0) is 70.2 Å². The van der Waals surface area contributed by atoms with Gasteiger partial charge in [-0.15, -0.1) is 10.2 Å². The molecular weight excluding hydrogens is 398 g/mol. The standard InChI is InChI=1S/C26H37N5O/c1-20-9-3-4-12-23(20)24-13-14-25(29-28-24)31-17-7-11-22(19-31)26(32)27-15-8-18-30-16-6-5-10-21(30)2/h3-4,9,12-14,21-22H,5-8,10-11,15-19H2,1-2H3,(H,27,32). The third-order valence-corrected chi connectivity index (χ3v) is 7.05. The summed E-state index contributed by atoms with van der Waals surface area (Å²) < 4.78 is 0. The first-order valence-corrected chi connectivity index (χ1v) is 12.3. The normalized spacial score (nSPS) is 22.0. The second-order valence-corrected chi connectivity index (χ2v) is 9.40. The highest BCUT2D eigenvalue weighted by Crippen LogP contribution is 2.25. The van der Waals surface area contributed by atoms with Gasteiger partial charge in [-0.3, -0.25) is 4.79 Å². The van der Waals surface area contributed by atoms with Crippen molar-refractivity contribution in [3.05, 3.63) is 42.0 Å². The lowest BCUT2D eigenvalue weighted by Crippen LogP contribution is -2.44. The molecule has 1 N–H and O–H groups in total. The van der Waals surface area contributed by atoms with Crippen molar-refractivity contribution in [3.63, 3.8) is 0 Å². The molecule has 1 aromatic heterocycles. The first-order valence-electron chi connectivity index (χ1n) is 12.3. The van der Waals surface area contributed by atoms with Crippen LogP contribution in [0.25, 0.3) is 11.3 Å². The predicted octanol–water partition coefficient (Wildman–Crippen LogP) is 4.05. The quantitative estimate of drug-likeness (QED) is 0.665. The van der Waals surface area contributed by atoms with Crippen LogP contribution in [0.15, 0.2) is 36.4 Å². The maximum Gasteiger partial charge on any atom is 0.224 e. The molecule has 4 rings (SSSR count). The summed E-state index contributed by atoms with van der Waals surface area (Å²) in [7, 11) is 0. The van der Waals surface area contributed by atoms with Crippen molar-refractivity contribution in [2.75, 3.05) is 37.6 Å². The summed E-state index contributed by atoms with van der Waals surface area (Å²) in [6.07, 6.45) is 6.94. The first-order chi connectivity index (χ1) is 15.6. The van der Waals surface area contributed by atoms with E-state index in [1.165, 1.54) is 31.4 Å². The molecule has 2 unspecified atom stereocenters. The summed E-state index contributed by atoms with van der Waals surface area (Å²) >= 11 is 0. The molecule has 0 spiro atoms. The molecule has 6 heteroatoms. The minimum atomic E-state index is 0.0236. The summed E-state index contributed by atoms with van der Waals surface area (Å²) in [6.45, 7) is 9.11. The molecule has 1 aromatic carbocycles. The lowest BCUT2D eigenvalue weighted by Gasteiger charge is -2.34. The molecule has 2 atom stereocenters. The van der Waals surface area contributed by atoms with Gasteiger partial charge in [0.1, 0.15) is 0 Å². The molecule has 32 heavy (non-hydrogen) atoms. The molecule has 2 fully saturated rings. The average molecular weight is 436 g/mol. The minimum Gasteiger partial charge on any atom is -0.356 e. The molecule has 0 saturated carbocycles. The number of anilines is 1. The van der Waals surface area contributed by atoms with E-state index in [0.717, 1.165) is 56.0 Å². The molecule has 2 aliphatic heterocycles. The summed E-state index contributed by atoms with van der Waals surface area (Å²) in [4.78, 5) is 17.6. The number of likely N-dealkylation sites (tertiary alicyclic amines) is 1. The van der Waals surface area contributed by atoms with E-state index in [9.17, 15) is 4.79 Å². The summed E-state index contributed by atoms with van der Waals surface area (Å²) in [5.74, 6) is 1.07. The van der Waals surface area contributed by atoms with E-state index in [4.69, 9.17) is 0 Å². The van der Waals surface area contributed by atoms with E-state index in [2.05, 4.69) is 51.3 Å². The fraction of sp³-hybridized carbons (Fsp3) is 0.577. The van der Waals surface area contributed by atoms with Crippen LogP contribution in [0.4, 0.5) is 5.82 Å². The molecule has 2 saturated heterocycles. The Balaban J connectivity index is 1.26. The minimum absolute atomic E-state index is 0.0236. The van der Waals surface area contributed by atoms with Gasteiger partial charge in [0, 0.05) is 37.8 Å². The maximum atomic E-state index is 12.8. The van der Waals surface area contributed by atoms with Crippen LogP contribution >= 0.6 is 0 Å². The molecule has 2 aliphatic rings.